The van der Waals surface area contributed by atoms with Gasteiger partial charge in [0.25, 0.3) is 5.56 Å². The first kappa shape index (κ1) is 22.7. The Hall–Kier alpha value is -2.52. The number of thiophene rings is 1. The third-order valence-corrected chi connectivity index (χ3v) is 6.22. The minimum Gasteiger partial charge on any atom is -0.557 e. The maximum Gasteiger partial charge on any atom is 1.00 e. The molecule has 0 aromatic carbocycles. The maximum absolute atomic E-state index is 12.5. The molecule has 1 aliphatic rings. The van der Waals surface area contributed by atoms with Crippen molar-refractivity contribution in [3.8, 4) is 5.69 Å². The van der Waals surface area contributed by atoms with E-state index in [1.807, 2.05) is 41.9 Å². The zero-order valence-electron chi connectivity index (χ0n) is 17.7. The number of aromatic nitrogens is 4. The first-order chi connectivity index (χ1) is 15.3. The van der Waals surface area contributed by atoms with Gasteiger partial charge in [-0.25, -0.2) is 4.98 Å². The standard InChI is InChI=1S/C17H17N3OS.C6H3N2O.Na/c21-17-16-12(8-10-22-16)7-9-20(17)14-5-6-15(18-11-14)19-13-3-1-2-4-13;1-2-5-6(7-3-1)9-4-8-5;/h5-11,13H,1-4H2,(H,18,19);1-3H;/q;-1;+1. The monoisotopic (exact) mass is 453 g/mol. The van der Waals surface area contributed by atoms with Crippen LogP contribution in [0.25, 0.3) is 27.0 Å². The van der Waals surface area contributed by atoms with Gasteiger partial charge in [-0.1, -0.05) is 25.0 Å². The Morgan fingerprint density at radius 3 is 2.78 bits per heavy atom. The molecule has 0 radical (unpaired) electrons. The summed E-state index contributed by atoms with van der Waals surface area (Å²) >= 11 is 1.48. The summed E-state index contributed by atoms with van der Waals surface area (Å²) in [6, 6.07) is 12.0. The van der Waals surface area contributed by atoms with E-state index in [0.29, 0.717) is 11.8 Å². The van der Waals surface area contributed by atoms with Crippen molar-refractivity contribution >= 4 is 38.5 Å². The van der Waals surface area contributed by atoms with Crippen LogP contribution in [0.5, 0.6) is 0 Å². The number of oxazole rings is 1. The molecule has 0 spiro atoms. The fourth-order valence-corrected chi connectivity index (χ4v) is 4.54. The first-order valence-corrected chi connectivity index (χ1v) is 11.1. The van der Waals surface area contributed by atoms with Gasteiger partial charge < -0.3 is 14.7 Å². The van der Waals surface area contributed by atoms with Crippen molar-refractivity contribution in [2.45, 2.75) is 31.7 Å². The zero-order valence-corrected chi connectivity index (χ0v) is 20.5. The second-order valence-corrected chi connectivity index (χ2v) is 8.27. The Bertz CT molecular complexity index is 1330. The fourth-order valence-electron chi connectivity index (χ4n) is 3.71. The third-order valence-electron chi connectivity index (χ3n) is 5.30. The summed E-state index contributed by atoms with van der Waals surface area (Å²) in [4.78, 5) is 24.6. The number of fused-ring (bicyclic) bond motifs is 2. The van der Waals surface area contributed by atoms with E-state index in [1.54, 1.807) is 23.0 Å². The van der Waals surface area contributed by atoms with Crippen LogP contribution in [-0.2, 0) is 0 Å². The molecule has 5 aromatic heterocycles. The van der Waals surface area contributed by atoms with Gasteiger partial charge in [-0.3, -0.25) is 14.3 Å². The minimum absolute atomic E-state index is 0. The normalized spacial score (nSPS) is 13.5. The molecule has 1 fully saturated rings. The topological polar surface area (TPSA) is 85.8 Å². The van der Waals surface area contributed by atoms with E-state index in [2.05, 4.69) is 26.7 Å². The average Bonchev–Trinajstić information content (AvgIpc) is 3.57. The molecule has 0 aliphatic heterocycles. The van der Waals surface area contributed by atoms with Gasteiger partial charge in [0, 0.05) is 18.4 Å². The van der Waals surface area contributed by atoms with Crippen molar-refractivity contribution in [2.24, 2.45) is 0 Å². The number of pyridine rings is 3. The van der Waals surface area contributed by atoms with Gasteiger partial charge in [0.1, 0.15) is 16.9 Å². The Labute approximate surface area is 210 Å². The number of hydrogen-bond acceptors (Lipinski definition) is 7. The summed E-state index contributed by atoms with van der Waals surface area (Å²) in [6.07, 6.45) is 12.6. The summed E-state index contributed by atoms with van der Waals surface area (Å²) < 4.78 is 7.22. The van der Waals surface area contributed by atoms with Crippen molar-refractivity contribution < 1.29 is 34.0 Å². The fraction of sp³-hybridized carbons (Fsp3) is 0.217. The van der Waals surface area contributed by atoms with Crippen LogP contribution in [0.4, 0.5) is 5.82 Å². The molecule has 0 atom stereocenters. The van der Waals surface area contributed by atoms with Crippen LogP contribution in [-0.4, -0.2) is 25.6 Å². The summed E-state index contributed by atoms with van der Waals surface area (Å²) in [7, 11) is 0. The average molecular weight is 454 g/mol. The molecule has 5 aromatic rings. The number of rotatable bonds is 3. The maximum atomic E-state index is 12.5. The van der Waals surface area contributed by atoms with Crippen LogP contribution < -0.4 is 40.4 Å². The predicted molar refractivity (Wildman–Crippen MR) is 122 cm³/mol. The molecule has 5 heterocycles. The van der Waals surface area contributed by atoms with E-state index in [1.165, 1.54) is 37.0 Å². The van der Waals surface area contributed by atoms with Crippen LogP contribution in [0.3, 0.4) is 0 Å². The molecule has 0 bridgehead atoms. The molecular formula is C23H20N5NaO2S. The van der Waals surface area contributed by atoms with Crippen molar-refractivity contribution in [3.63, 3.8) is 0 Å². The molecule has 7 nitrogen and oxygen atoms in total. The summed E-state index contributed by atoms with van der Waals surface area (Å²) in [6.45, 7) is 0. The van der Waals surface area contributed by atoms with Crippen molar-refractivity contribution in [1.82, 2.24) is 19.5 Å². The summed E-state index contributed by atoms with van der Waals surface area (Å²) in [5, 5.41) is 6.41. The van der Waals surface area contributed by atoms with E-state index in [4.69, 9.17) is 4.42 Å². The Kier molecular flexibility index (Phi) is 7.36. The smallest absolute Gasteiger partial charge is 0.557 e. The van der Waals surface area contributed by atoms with Crippen molar-refractivity contribution in [1.29, 1.82) is 0 Å². The summed E-state index contributed by atoms with van der Waals surface area (Å²) in [5.74, 6) is 0.890. The molecule has 32 heavy (non-hydrogen) atoms. The van der Waals surface area contributed by atoms with Crippen molar-refractivity contribution in [2.75, 3.05) is 5.32 Å². The Morgan fingerprint density at radius 1 is 1.12 bits per heavy atom. The predicted octanol–water partition coefficient (Wildman–Crippen LogP) is 1.83. The van der Waals surface area contributed by atoms with Crippen LogP contribution in [0.2, 0.25) is 0 Å². The first-order valence-electron chi connectivity index (χ1n) is 10.2. The van der Waals surface area contributed by atoms with Gasteiger partial charge in [-0.2, -0.15) is 0 Å². The number of anilines is 1. The molecular weight excluding hydrogens is 433 g/mol. The number of hydrogen-bond donors (Lipinski definition) is 1. The SMILES string of the molecule is O=c1c2sccc2ccn1-c1ccc(NC2CCCC2)nc1.[Na+].[c-]1nc2cccnc2o1. The second-order valence-electron chi connectivity index (χ2n) is 7.36. The molecule has 1 aliphatic carbocycles. The molecule has 0 saturated heterocycles. The number of nitrogens with zero attached hydrogens (tertiary/aromatic N) is 4. The van der Waals surface area contributed by atoms with Crippen molar-refractivity contribution in [3.05, 3.63) is 77.1 Å². The van der Waals surface area contributed by atoms with E-state index < -0.39 is 0 Å². The van der Waals surface area contributed by atoms with E-state index in [-0.39, 0.29) is 35.1 Å². The molecule has 1 saturated carbocycles. The molecule has 9 heteroatoms. The molecule has 0 amide bonds. The third kappa shape index (κ3) is 4.94. The minimum atomic E-state index is 0. The van der Waals surface area contributed by atoms with E-state index in [0.717, 1.165) is 27.1 Å². The van der Waals surface area contributed by atoms with Gasteiger partial charge in [0.2, 0.25) is 0 Å². The largest absolute Gasteiger partial charge is 1.00 e. The van der Waals surface area contributed by atoms with Crippen LogP contribution in [0, 0.1) is 6.39 Å². The van der Waals surface area contributed by atoms with Gasteiger partial charge >= 0.3 is 29.6 Å². The van der Waals surface area contributed by atoms with Crippen LogP contribution in [0.1, 0.15) is 25.7 Å². The number of nitrogens with one attached hydrogen (secondary N) is 1. The second kappa shape index (κ2) is 10.4. The van der Waals surface area contributed by atoms with E-state index in [9.17, 15) is 4.79 Å². The van der Waals surface area contributed by atoms with E-state index >= 15 is 0 Å². The molecule has 0 unspecified atom stereocenters. The van der Waals surface area contributed by atoms with Crippen LogP contribution >= 0.6 is 11.3 Å². The Morgan fingerprint density at radius 2 is 2.00 bits per heavy atom. The van der Waals surface area contributed by atoms with Gasteiger partial charge in [0.05, 0.1) is 17.6 Å². The molecule has 6 rings (SSSR count). The Balaban J connectivity index is 0.000000205. The van der Waals surface area contributed by atoms with Gasteiger partial charge in [0.15, 0.2) is 0 Å². The zero-order chi connectivity index (χ0) is 21.0. The molecule has 156 valence electrons. The summed E-state index contributed by atoms with van der Waals surface area (Å²) in [5.41, 5.74) is 2.11. The van der Waals surface area contributed by atoms with Crippen LogP contribution in [0.15, 0.2) is 69.6 Å². The quantitative estimate of drug-likeness (QED) is 0.331. The van der Waals surface area contributed by atoms with Gasteiger partial charge in [-0.15, -0.1) is 11.3 Å². The molecule has 1 N–H and O–H groups in total. The van der Waals surface area contributed by atoms with Gasteiger partial charge in [-0.05, 0) is 53.4 Å².